The number of carbonyl (C=O) groups excluding carboxylic acids is 1. The van der Waals surface area contributed by atoms with E-state index in [-0.39, 0.29) is 17.2 Å². The molecule has 8 heteroatoms. The van der Waals surface area contributed by atoms with Gasteiger partial charge in [0.15, 0.2) is 5.16 Å². The lowest BCUT2D eigenvalue weighted by atomic mass is 10.1. The number of rotatable bonds is 7. The molecule has 1 N–H and O–H groups in total. The first-order chi connectivity index (χ1) is 15.1. The third-order valence-corrected chi connectivity index (χ3v) is 6.59. The number of thioether (sulfide) groups is 1. The minimum atomic E-state index is -0.175. The number of amides is 1. The molecule has 0 saturated heterocycles. The second-order valence-corrected chi connectivity index (χ2v) is 8.51. The summed E-state index contributed by atoms with van der Waals surface area (Å²) in [7, 11) is 1.58. The van der Waals surface area contributed by atoms with Crippen molar-refractivity contribution in [3.63, 3.8) is 0 Å². The number of nitrogens with zero attached hydrogens (tertiary/aromatic N) is 2. The van der Waals surface area contributed by atoms with Gasteiger partial charge in [0, 0.05) is 29.2 Å². The molecule has 2 aromatic carbocycles. The Kier molecular flexibility index (Phi) is 6.39. The highest BCUT2D eigenvalue weighted by Gasteiger charge is 2.17. The summed E-state index contributed by atoms with van der Waals surface area (Å²) in [5.41, 5.74) is 2.47. The van der Waals surface area contributed by atoms with Gasteiger partial charge in [0.05, 0.1) is 18.2 Å². The van der Waals surface area contributed by atoms with Gasteiger partial charge in [-0.15, -0.1) is 11.3 Å². The molecule has 0 atom stereocenters. The van der Waals surface area contributed by atoms with Crippen LogP contribution in [0.25, 0.3) is 21.3 Å². The fourth-order valence-corrected chi connectivity index (χ4v) is 5.10. The summed E-state index contributed by atoms with van der Waals surface area (Å²) in [5, 5.41) is 5.99. The molecule has 0 radical (unpaired) electrons. The molecule has 6 nitrogen and oxygen atoms in total. The molecule has 0 aliphatic rings. The van der Waals surface area contributed by atoms with Crippen molar-refractivity contribution < 1.29 is 9.53 Å². The number of carbonyl (C=O) groups is 1. The molecule has 1 amide bonds. The van der Waals surface area contributed by atoms with Crippen LogP contribution in [-0.4, -0.2) is 28.3 Å². The largest absolute Gasteiger partial charge is 0.497 e. The fourth-order valence-electron chi connectivity index (χ4n) is 3.25. The molecule has 31 heavy (non-hydrogen) atoms. The molecule has 0 spiro atoms. The van der Waals surface area contributed by atoms with Gasteiger partial charge in [0.2, 0.25) is 5.91 Å². The Bertz CT molecular complexity index is 1280. The van der Waals surface area contributed by atoms with Crippen molar-refractivity contribution >= 4 is 44.9 Å². The second kappa shape index (κ2) is 9.36. The van der Waals surface area contributed by atoms with E-state index in [9.17, 15) is 9.59 Å². The predicted octanol–water partition coefficient (Wildman–Crippen LogP) is 4.88. The maximum Gasteiger partial charge on any atom is 0.263 e. The Balaban J connectivity index is 1.58. The summed E-state index contributed by atoms with van der Waals surface area (Å²) < 4.78 is 6.81. The number of aromatic nitrogens is 2. The van der Waals surface area contributed by atoms with Crippen LogP contribution in [-0.2, 0) is 11.3 Å². The average Bonchev–Trinajstić information content (AvgIpc) is 3.23. The molecular weight excluding hydrogens is 430 g/mol. The van der Waals surface area contributed by atoms with Crippen molar-refractivity contribution in [1.29, 1.82) is 0 Å². The fraction of sp³-hybridized carbons (Fsp3) is 0.174. The van der Waals surface area contributed by atoms with Gasteiger partial charge in [-0.25, -0.2) is 4.98 Å². The van der Waals surface area contributed by atoms with Gasteiger partial charge < -0.3 is 10.1 Å². The lowest BCUT2D eigenvalue weighted by Gasteiger charge is -2.11. The van der Waals surface area contributed by atoms with Crippen molar-refractivity contribution in [1.82, 2.24) is 9.55 Å². The summed E-state index contributed by atoms with van der Waals surface area (Å²) in [6.45, 7) is 2.38. The SMILES string of the molecule is CCn1c(SCC(=O)Nc2cccc(OC)c2)nc2scc(-c3ccccc3)c2c1=O. The van der Waals surface area contributed by atoms with Gasteiger partial charge in [-0.1, -0.05) is 48.2 Å². The third kappa shape index (κ3) is 4.50. The van der Waals surface area contributed by atoms with Crippen LogP contribution in [0.1, 0.15) is 6.92 Å². The summed E-state index contributed by atoms with van der Waals surface area (Å²) in [4.78, 5) is 31.1. The van der Waals surface area contributed by atoms with E-state index in [0.29, 0.717) is 33.4 Å². The number of hydrogen-bond donors (Lipinski definition) is 1. The minimum Gasteiger partial charge on any atom is -0.497 e. The number of benzene rings is 2. The molecule has 0 aliphatic heterocycles. The van der Waals surface area contributed by atoms with Gasteiger partial charge in [0.25, 0.3) is 5.56 Å². The van der Waals surface area contributed by atoms with Crippen molar-refractivity contribution in [2.45, 2.75) is 18.6 Å². The zero-order valence-electron chi connectivity index (χ0n) is 17.1. The zero-order valence-corrected chi connectivity index (χ0v) is 18.8. The van der Waals surface area contributed by atoms with Crippen LogP contribution in [0.5, 0.6) is 5.75 Å². The van der Waals surface area contributed by atoms with Crippen molar-refractivity contribution in [2.75, 3.05) is 18.2 Å². The Labute approximate surface area is 187 Å². The lowest BCUT2D eigenvalue weighted by molar-refractivity contribution is -0.113. The van der Waals surface area contributed by atoms with Crippen LogP contribution in [0.2, 0.25) is 0 Å². The van der Waals surface area contributed by atoms with E-state index < -0.39 is 0 Å². The van der Waals surface area contributed by atoms with Gasteiger partial charge in [-0.2, -0.15) is 0 Å². The predicted molar refractivity (Wildman–Crippen MR) is 127 cm³/mol. The Hall–Kier alpha value is -3.10. The first-order valence-electron chi connectivity index (χ1n) is 9.75. The monoisotopic (exact) mass is 451 g/mol. The van der Waals surface area contributed by atoms with Crippen molar-refractivity contribution in [2.24, 2.45) is 0 Å². The molecule has 0 bridgehead atoms. The standard InChI is InChI=1S/C23H21N3O3S2/c1-3-26-22(28)20-18(15-8-5-4-6-9-15)13-30-21(20)25-23(26)31-14-19(27)24-16-10-7-11-17(12-16)29-2/h4-13H,3,14H2,1-2H3,(H,24,27). The molecule has 4 aromatic rings. The number of methoxy groups -OCH3 is 1. The van der Waals surface area contributed by atoms with Crippen LogP contribution >= 0.6 is 23.1 Å². The highest BCUT2D eigenvalue weighted by atomic mass is 32.2. The summed E-state index contributed by atoms with van der Waals surface area (Å²) in [5.74, 6) is 0.641. The lowest BCUT2D eigenvalue weighted by Crippen LogP contribution is -2.23. The highest BCUT2D eigenvalue weighted by molar-refractivity contribution is 7.99. The summed E-state index contributed by atoms with van der Waals surface area (Å²) in [6, 6.07) is 17.0. The van der Waals surface area contributed by atoms with Crippen LogP contribution < -0.4 is 15.6 Å². The molecule has 0 saturated carbocycles. The van der Waals surface area contributed by atoms with E-state index >= 15 is 0 Å². The molecule has 0 unspecified atom stereocenters. The second-order valence-electron chi connectivity index (χ2n) is 6.71. The van der Waals surface area contributed by atoms with Crippen LogP contribution in [0.15, 0.2) is 69.9 Å². The molecule has 0 aliphatic carbocycles. The van der Waals surface area contributed by atoms with Gasteiger partial charge in [0.1, 0.15) is 10.6 Å². The highest BCUT2D eigenvalue weighted by Crippen LogP contribution is 2.32. The van der Waals surface area contributed by atoms with Crippen LogP contribution in [0.4, 0.5) is 5.69 Å². The molecule has 2 heterocycles. The van der Waals surface area contributed by atoms with E-state index in [2.05, 4.69) is 5.32 Å². The molecule has 4 rings (SSSR count). The van der Waals surface area contributed by atoms with Crippen molar-refractivity contribution in [3.05, 3.63) is 70.3 Å². The van der Waals surface area contributed by atoms with Gasteiger partial charge in [-0.3, -0.25) is 14.2 Å². The van der Waals surface area contributed by atoms with E-state index in [1.807, 2.05) is 54.8 Å². The number of thiophene rings is 1. The van der Waals surface area contributed by atoms with Gasteiger partial charge in [-0.05, 0) is 24.6 Å². The first kappa shape index (κ1) is 21.1. The topological polar surface area (TPSA) is 73.2 Å². The maximum absolute atomic E-state index is 13.2. The molecule has 158 valence electrons. The average molecular weight is 452 g/mol. The maximum atomic E-state index is 13.2. The summed E-state index contributed by atoms with van der Waals surface area (Å²) >= 11 is 2.70. The smallest absolute Gasteiger partial charge is 0.263 e. The summed E-state index contributed by atoms with van der Waals surface area (Å²) in [6.07, 6.45) is 0. The molecule has 2 aromatic heterocycles. The zero-order chi connectivity index (χ0) is 21.8. The van der Waals surface area contributed by atoms with E-state index in [4.69, 9.17) is 9.72 Å². The van der Waals surface area contributed by atoms with E-state index in [0.717, 1.165) is 11.1 Å². The van der Waals surface area contributed by atoms with E-state index in [1.54, 1.807) is 23.8 Å². The number of fused-ring (bicyclic) bond motifs is 1. The number of ether oxygens (including phenoxy) is 1. The molecule has 0 fully saturated rings. The first-order valence-corrected chi connectivity index (χ1v) is 11.6. The normalized spacial score (nSPS) is 10.9. The third-order valence-electron chi connectivity index (χ3n) is 4.75. The quantitative estimate of drug-likeness (QED) is 0.320. The Morgan fingerprint density at radius 2 is 2.00 bits per heavy atom. The van der Waals surface area contributed by atoms with Crippen molar-refractivity contribution in [3.8, 4) is 16.9 Å². The number of anilines is 1. The minimum absolute atomic E-state index is 0.0803. The Morgan fingerprint density at radius 3 is 2.74 bits per heavy atom. The van der Waals surface area contributed by atoms with Gasteiger partial charge >= 0.3 is 0 Å². The number of hydrogen-bond acceptors (Lipinski definition) is 6. The van der Waals surface area contributed by atoms with Crippen LogP contribution in [0.3, 0.4) is 0 Å². The molecular formula is C23H21N3O3S2. The van der Waals surface area contributed by atoms with Crippen LogP contribution in [0, 0.1) is 0 Å². The Morgan fingerprint density at radius 1 is 1.19 bits per heavy atom. The van der Waals surface area contributed by atoms with E-state index in [1.165, 1.54) is 23.1 Å². The number of nitrogens with one attached hydrogen (secondary N) is 1.